The molecular formula is C18H16O3. The molecule has 0 radical (unpaired) electrons. The molecule has 3 rings (SSSR count). The third-order valence-corrected chi connectivity index (χ3v) is 3.49. The van der Waals surface area contributed by atoms with Crippen LogP contribution >= 0.6 is 0 Å². The topological polar surface area (TPSA) is 35.5 Å². The van der Waals surface area contributed by atoms with E-state index in [1.54, 1.807) is 7.11 Å². The van der Waals surface area contributed by atoms with Crippen LogP contribution in [0.25, 0.3) is 16.8 Å². The summed E-state index contributed by atoms with van der Waals surface area (Å²) < 4.78 is 10.4. The van der Waals surface area contributed by atoms with Gasteiger partial charge in [-0.2, -0.15) is 0 Å². The van der Waals surface area contributed by atoms with Crippen molar-refractivity contribution in [1.82, 2.24) is 0 Å². The van der Waals surface area contributed by atoms with Gasteiger partial charge in [-0.3, -0.25) is 0 Å². The number of esters is 1. The summed E-state index contributed by atoms with van der Waals surface area (Å²) in [4.78, 5) is 11.4. The van der Waals surface area contributed by atoms with Crippen molar-refractivity contribution in [2.45, 2.75) is 12.5 Å². The molecule has 1 atom stereocenters. The van der Waals surface area contributed by atoms with Crippen LogP contribution in [0.1, 0.15) is 12.0 Å². The quantitative estimate of drug-likeness (QED) is 0.804. The first kappa shape index (κ1) is 13.4. The molecule has 2 aromatic carbocycles. The van der Waals surface area contributed by atoms with Crippen molar-refractivity contribution in [3.63, 3.8) is 0 Å². The van der Waals surface area contributed by atoms with E-state index in [9.17, 15) is 4.79 Å². The molecule has 0 aromatic heterocycles. The van der Waals surface area contributed by atoms with Gasteiger partial charge in [0.15, 0.2) is 0 Å². The van der Waals surface area contributed by atoms with Gasteiger partial charge in [0.25, 0.3) is 0 Å². The number of fused-ring (bicyclic) bond motifs is 1. The Kier molecular flexibility index (Phi) is 3.73. The molecule has 0 N–H and O–H groups in total. The maximum Gasteiger partial charge on any atom is 0.334 e. The lowest BCUT2D eigenvalue weighted by atomic mass is 10.1. The van der Waals surface area contributed by atoms with Gasteiger partial charge in [0.1, 0.15) is 11.9 Å². The first-order valence-electron chi connectivity index (χ1n) is 6.87. The average molecular weight is 280 g/mol. The average Bonchev–Trinajstić information content (AvgIpc) is 2.52. The second kappa shape index (κ2) is 5.83. The van der Waals surface area contributed by atoms with Crippen molar-refractivity contribution in [1.29, 1.82) is 0 Å². The monoisotopic (exact) mass is 280 g/mol. The van der Waals surface area contributed by atoms with E-state index in [2.05, 4.69) is 30.3 Å². The van der Waals surface area contributed by atoms with E-state index in [1.807, 2.05) is 24.3 Å². The smallest absolute Gasteiger partial charge is 0.334 e. The molecule has 0 amide bonds. The van der Waals surface area contributed by atoms with Crippen LogP contribution in [0, 0.1) is 0 Å². The minimum Gasteiger partial charge on any atom is -0.501 e. The molecular weight excluding hydrogens is 264 g/mol. The van der Waals surface area contributed by atoms with Crippen LogP contribution in [0.5, 0.6) is 0 Å². The van der Waals surface area contributed by atoms with Gasteiger partial charge in [-0.05, 0) is 28.5 Å². The van der Waals surface area contributed by atoms with E-state index in [0.29, 0.717) is 12.2 Å². The number of cyclic esters (lactones) is 1. The zero-order valence-electron chi connectivity index (χ0n) is 11.8. The second-order valence-corrected chi connectivity index (χ2v) is 4.96. The maximum absolute atomic E-state index is 11.4. The molecule has 0 saturated carbocycles. The van der Waals surface area contributed by atoms with Crippen LogP contribution in [0.15, 0.2) is 60.4 Å². The third-order valence-electron chi connectivity index (χ3n) is 3.49. The summed E-state index contributed by atoms with van der Waals surface area (Å²) in [5.41, 5.74) is 1.08. The second-order valence-electron chi connectivity index (χ2n) is 4.96. The summed E-state index contributed by atoms with van der Waals surface area (Å²) >= 11 is 0. The molecule has 2 aromatic rings. The summed E-state index contributed by atoms with van der Waals surface area (Å²) in [5.74, 6) is 0.297. The Morgan fingerprint density at radius 2 is 2.00 bits per heavy atom. The number of methoxy groups -OCH3 is 1. The molecule has 0 bridgehead atoms. The predicted molar refractivity (Wildman–Crippen MR) is 82.6 cm³/mol. The number of ether oxygens (including phenoxy) is 2. The normalized spacial score (nSPS) is 18.6. The van der Waals surface area contributed by atoms with Crippen LogP contribution in [-0.2, 0) is 14.3 Å². The number of carbonyl (C=O) groups is 1. The van der Waals surface area contributed by atoms with Crippen LogP contribution in [0.2, 0.25) is 0 Å². The fourth-order valence-corrected chi connectivity index (χ4v) is 2.39. The lowest BCUT2D eigenvalue weighted by molar-refractivity contribution is -0.142. The molecule has 21 heavy (non-hydrogen) atoms. The zero-order valence-corrected chi connectivity index (χ0v) is 11.8. The van der Waals surface area contributed by atoms with Gasteiger partial charge in [-0.15, -0.1) is 0 Å². The summed E-state index contributed by atoms with van der Waals surface area (Å²) in [6.45, 7) is 0. The fourth-order valence-electron chi connectivity index (χ4n) is 2.39. The lowest BCUT2D eigenvalue weighted by Gasteiger charge is -2.19. The van der Waals surface area contributed by atoms with Crippen molar-refractivity contribution < 1.29 is 14.3 Å². The van der Waals surface area contributed by atoms with Crippen LogP contribution < -0.4 is 0 Å². The molecule has 106 valence electrons. The molecule has 3 heteroatoms. The molecule has 0 spiro atoms. The maximum atomic E-state index is 11.4. The zero-order chi connectivity index (χ0) is 14.7. The Morgan fingerprint density at radius 1 is 1.19 bits per heavy atom. The van der Waals surface area contributed by atoms with Gasteiger partial charge in [0.05, 0.1) is 13.2 Å². The molecule has 1 aliphatic rings. The van der Waals surface area contributed by atoms with E-state index in [-0.39, 0.29) is 12.1 Å². The van der Waals surface area contributed by atoms with Gasteiger partial charge in [0.2, 0.25) is 0 Å². The first-order valence-corrected chi connectivity index (χ1v) is 6.87. The Bertz CT molecular complexity index is 728. The summed E-state index contributed by atoms with van der Waals surface area (Å²) in [6, 6.07) is 14.5. The summed E-state index contributed by atoms with van der Waals surface area (Å²) in [6.07, 6.45) is 5.56. The van der Waals surface area contributed by atoms with E-state index < -0.39 is 0 Å². The largest absolute Gasteiger partial charge is 0.501 e. The molecule has 1 aliphatic heterocycles. The number of rotatable bonds is 3. The molecule has 0 fully saturated rings. The summed E-state index contributed by atoms with van der Waals surface area (Å²) in [7, 11) is 1.56. The number of carbonyl (C=O) groups excluding carboxylic acids is 1. The number of hydrogen-bond donors (Lipinski definition) is 0. The van der Waals surface area contributed by atoms with Gasteiger partial charge in [0, 0.05) is 6.42 Å². The highest BCUT2D eigenvalue weighted by molar-refractivity contribution is 5.85. The van der Waals surface area contributed by atoms with E-state index in [1.165, 1.54) is 16.8 Å². The molecule has 1 heterocycles. The molecule has 1 unspecified atom stereocenters. The van der Waals surface area contributed by atoms with Crippen molar-refractivity contribution in [3.8, 4) is 0 Å². The Morgan fingerprint density at radius 3 is 2.81 bits per heavy atom. The highest BCUT2D eigenvalue weighted by Gasteiger charge is 2.19. The molecule has 3 nitrogen and oxygen atoms in total. The highest BCUT2D eigenvalue weighted by Crippen LogP contribution is 2.20. The fraction of sp³-hybridized carbons (Fsp3) is 0.167. The van der Waals surface area contributed by atoms with Gasteiger partial charge >= 0.3 is 5.97 Å². The Balaban J connectivity index is 1.78. The SMILES string of the molecule is COC1=CC(=O)OC(/C=C/c2ccc3ccccc3c2)C1. The van der Waals surface area contributed by atoms with Crippen molar-refractivity contribution in [2.24, 2.45) is 0 Å². The van der Waals surface area contributed by atoms with Crippen molar-refractivity contribution in [3.05, 3.63) is 65.9 Å². The Labute approximate surface area is 123 Å². The van der Waals surface area contributed by atoms with Crippen LogP contribution in [0.3, 0.4) is 0 Å². The van der Waals surface area contributed by atoms with Gasteiger partial charge < -0.3 is 9.47 Å². The predicted octanol–water partition coefficient (Wildman–Crippen LogP) is 3.70. The highest BCUT2D eigenvalue weighted by atomic mass is 16.5. The summed E-state index contributed by atoms with van der Waals surface area (Å²) in [5, 5.41) is 2.40. The van der Waals surface area contributed by atoms with Crippen LogP contribution in [-0.4, -0.2) is 19.2 Å². The van der Waals surface area contributed by atoms with Crippen LogP contribution in [0.4, 0.5) is 0 Å². The van der Waals surface area contributed by atoms with E-state index >= 15 is 0 Å². The third kappa shape index (κ3) is 3.14. The number of benzene rings is 2. The minimum atomic E-state index is -0.355. The Hall–Kier alpha value is -2.55. The lowest BCUT2D eigenvalue weighted by Crippen LogP contribution is -2.21. The van der Waals surface area contributed by atoms with Gasteiger partial charge in [-0.25, -0.2) is 4.79 Å². The standard InChI is InChI=1S/C18H16O3/c1-20-17-11-16(21-18(19)12-17)9-7-13-6-8-14-4-2-3-5-15(14)10-13/h2-10,12,16H,11H2,1H3/b9-7+. The van der Waals surface area contributed by atoms with E-state index in [0.717, 1.165) is 5.56 Å². The molecule has 0 saturated heterocycles. The van der Waals surface area contributed by atoms with Crippen molar-refractivity contribution in [2.75, 3.05) is 7.11 Å². The first-order chi connectivity index (χ1) is 10.2. The van der Waals surface area contributed by atoms with Gasteiger partial charge in [-0.1, -0.05) is 42.5 Å². The van der Waals surface area contributed by atoms with E-state index in [4.69, 9.17) is 9.47 Å². The number of hydrogen-bond acceptors (Lipinski definition) is 3. The van der Waals surface area contributed by atoms with Crippen molar-refractivity contribution >= 4 is 22.8 Å². The molecule has 0 aliphatic carbocycles. The minimum absolute atomic E-state index is 0.274.